The van der Waals surface area contributed by atoms with Gasteiger partial charge in [0.15, 0.2) is 0 Å². The van der Waals surface area contributed by atoms with Crippen LogP contribution in [0.15, 0.2) is 48.5 Å². The number of ether oxygens (including phenoxy) is 1. The molecule has 2 aromatic carbocycles. The lowest BCUT2D eigenvalue weighted by molar-refractivity contribution is -0.137. The van der Waals surface area contributed by atoms with Gasteiger partial charge in [-0.1, -0.05) is 24.3 Å². The smallest absolute Gasteiger partial charge is 0.306 e. The number of aromatic hydroxyl groups is 2. The molecule has 0 atom stereocenters. The lowest BCUT2D eigenvalue weighted by Gasteiger charge is -2.26. The van der Waals surface area contributed by atoms with Crippen LogP contribution >= 0.6 is 0 Å². The Kier molecular flexibility index (Phi) is 3.75. The van der Waals surface area contributed by atoms with E-state index in [1.807, 2.05) is 12.1 Å². The third-order valence-corrected chi connectivity index (χ3v) is 4.04. The van der Waals surface area contributed by atoms with E-state index in [1.54, 1.807) is 36.4 Å². The minimum absolute atomic E-state index is 0.194. The maximum Gasteiger partial charge on any atom is 0.306 e. The normalized spacial score (nSPS) is 16.5. The average molecular weight is 298 g/mol. The van der Waals surface area contributed by atoms with Crippen LogP contribution in [0.2, 0.25) is 0 Å². The molecular formula is C18H18O4. The van der Waals surface area contributed by atoms with E-state index in [4.69, 9.17) is 4.74 Å². The first-order valence-electron chi connectivity index (χ1n) is 7.26. The molecule has 0 unspecified atom stereocenters. The van der Waals surface area contributed by atoms with Crippen LogP contribution < -0.4 is 0 Å². The molecule has 22 heavy (non-hydrogen) atoms. The number of phenols is 2. The second-order valence-corrected chi connectivity index (χ2v) is 6.03. The fraction of sp³-hybridized carbons (Fsp3) is 0.278. The van der Waals surface area contributed by atoms with E-state index in [0.717, 1.165) is 11.1 Å². The Morgan fingerprint density at radius 3 is 1.91 bits per heavy atom. The maximum atomic E-state index is 11.7. The lowest BCUT2D eigenvalue weighted by atomic mass is 9.76. The molecule has 1 saturated heterocycles. The van der Waals surface area contributed by atoms with Crippen LogP contribution in [0, 0.1) is 5.41 Å². The minimum atomic E-state index is -0.335. The van der Waals surface area contributed by atoms with Gasteiger partial charge in [0.05, 0.1) is 13.0 Å². The monoisotopic (exact) mass is 298 g/mol. The summed E-state index contributed by atoms with van der Waals surface area (Å²) in [4.78, 5) is 11.7. The molecule has 0 amide bonds. The van der Waals surface area contributed by atoms with Gasteiger partial charge in [-0.25, -0.2) is 0 Å². The third-order valence-electron chi connectivity index (χ3n) is 4.04. The number of hydrogen-bond donors (Lipinski definition) is 2. The Bertz CT molecular complexity index is 645. The first-order valence-corrected chi connectivity index (χ1v) is 7.26. The Labute approximate surface area is 129 Å². The van der Waals surface area contributed by atoms with E-state index < -0.39 is 0 Å². The van der Waals surface area contributed by atoms with E-state index in [2.05, 4.69) is 0 Å². The standard InChI is InChI=1S/C18H18O4/c19-15-5-1-3-13(7-15)9-18(11-17(21)22-12-18)10-14-4-2-6-16(20)8-14/h1-8,19-20H,9-12H2. The van der Waals surface area contributed by atoms with Crippen molar-refractivity contribution in [3.8, 4) is 11.5 Å². The van der Waals surface area contributed by atoms with Gasteiger partial charge >= 0.3 is 5.97 Å². The molecule has 1 heterocycles. The molecule has 0 aliphatic carbocycles. The van der Waals surface area contributed by atoms with Crippen LogP contribution in [0.3, 0.4) is 0 Å². The summed E-state index contributed by atoms with van der Waals surface area (Å²) in [5.41, 5.74) is 1.61. The van der Waals surface area contributed by atoms with Gasteiger partial charge in [0.2, 0.25) is 0 Å². The van der Waals surface area contributed by atoms with Crippen molar-refractivity contribution in [3.63, 3.8) is 0 Å². The van der Waals surface area contributed by atoms with Gasteiger partial charge < -0.3 is 14.9 Å². The van der Waals surface area contributed by atoms with Crippen LogP contribution in [0.1, 0.15) is 17.5 Å². The SMILES string of the molecule is O=C1CC(Cc2cccc(O)c2)(Cc2cccc(O)c2)CO1. The molecule has 2 aromatic rings. The van der Waals surface area contributed by atoms with E-state index in [1.165, 1.54) is 0 Å². The molecule has 114 valence electrons. The number of cyclic esters (lactones) is 1. The Morgan fingerprint density at radius 1 is 0.955 bits per heavy atom. The summed E-state index contributed by atoms with van der Waals surface area (Å²) >= 11 is 0. The maximum absolute atomic E-state index is 11.7. The molecule has 2 N–H and O–H groups in total. The largest absolute Gasteiger partial charge is 0.508 e. The molecule has 0 radical (unpaired) electrons. The molecule has 1 aliphatic heterocycles. The summed E-state index contributed by atoms with van der Waals surface area (Å²) < 4.78 is 5.21. The summed E-state index contributed by atoms with van der Waals surface area (Å²) in [6, 6.07) is 14.2. The average Bonchev–Trinajstić information content (AvgIpc) is 2.79. The van der Waals surface area contributed by atoms with Gasteiger partial charge in [-0.2, -0.15) is 0 Å². The highest BCUT2D eigenvalue weighted by atomic mass is 16.5. The zero-order valence-electron chi connectivity index (χ0n) is 12.2. The molecule has 1 aliphatic rings. The number of benzene rings is 2. The van der Waals surface area contributed by atoms with Crippen molar-refractivity contribution in [3.05, 3.63) is 59.7 Å². The van der Waals surface area contributed by atoms with Gasteiger partial charge in [0.25, 0.3) is 0 Å². The molecular weight excluding hydrogens is 280 g/mol. The molecule has 3 rings (SSSR count). The van der Waals surface area contributed by atoms with Crippen molar-refractivity contribution in [2.24, 2.45) is 5.41 Å². The quantitative estimate of drug-likeness (QED) is 0.852. The molecule has 4 heteroatoms. The Balaban J connectivity index is 1.87. The predicted octanol–water partition coefficient (Wildman–Crippen LogP) is 2.82. The fourth-order valence-electron chi connectivity index (χ4n) is 3.13. The molecule has 0 aromatic heterocycles. The number of phenolic OH excluding ortho intramolecular Hbond substituents is 2. The van der Waals surface area contributed by atoms with Crippen LogP contribution in [-0.4, -0.2) is 22.8 Å². The zero-order chi connectivity index (χ0) is 15.6. The Hall–Kier alpha value is -2.49. The topological polar surface area (TPSA) is 66.8 Å². The number of carbonyl (C=O) groups is 1. The van der Waals surface area contributed by atoms with E-state index >= 15 is 0 Å². The highest BCUT2D eigenvalue weighted by molar-refractivity contribution is 5.72. The van der Waals surface area contributed by atoms with Crippen molar-refractivity contribution < 1.29 is 19.7 Å². The van der Waals surface area contributed by atoms with Crippen molar-refractivity contribution in [1.82, 2.24) is 0 Å². The highest BCUT2D eigenvalue weighted by Crippen LogP contribution is 2.37. The molecule has 4 nitrogen and oxygen atoms in total. The zero-order valence-corrected chi connectivity index (χ0v) is 12.2. The highest BCUT2D eigenvalue weighted by Gasteiger charge is 2.40. The van der Waals surface area contributed by atoms with Crippen molar-refractivity contribution in [2.75, 3.05) is 6.61 Å². The first kappa shape index (κ1) is 14.4. The van der Waals surface area contributed by atoms with E-state index in [0.29, 0.717) is 25.9 Å². The first-order chi connectivity index (χ1) is 10.5. The van der Waals surface area contributed by atoms with Gasteiger partial charge in [-0.15, -0.1) is 0 Å². The predicted molar refractivity (Wildman–Crippen MR) is 81.6 cm³/mol. The van der Waals surface area contributed by atoms with Gasteiger partial charge in [-0.05, 0) is 48.2 Å². The number of rotatable bonds is 4. The van der Waals surface area contributed by atoms with Crippen LogP contribution in [-0.2, 0) is 22.4 Å². The summed E-state index contributed by atoms with van der Waals surface area (Å²) in [5, 5.41) is 19.2. The second-order valence-electron chi connectivity index (χ2n) is 6.03. The lowest BCUT2D eigenvalue weighted by Crippen LogP contribution is -2.27. The van der Waals surface area contributed by atoms with Gasteiger partial charge in [0.1, 0.15) is 11.5 Å². The minimum Gasteiger partial charge on any atom is -0.508 e. The van der Waals surface area contributed by atoms with Crippen molar-refractivity contribution >= 4 is 5.97 Å². The molecule has 1 fully saturated rings. The van der Waals surface area contributed by atoms with Crippen LogP contribution in [0.5, 0.6) is 11.5 Å². The molecule has 0 bridgehead atoms. The van der Waals surface area contributed by atoms with Crippen molar-refractivity contribution in [1.29, 1.82) is 0 Å². The van der Waals surface area contributed by atoms with Crippen LogP contribution in [0.25, 0.3) is 0 Å². The Morgan fingerprint density at radius 2 is 1.50 bits per heavy atom. The summed E-state index contributed by atoms with van der Waals surface area (Å²) in [6.07, 6.45) is 1.63. The summed E-state index contributed by atoms with van der Waals surface area (Å²) in [5.74, 6) is 0.241. The van der Waals surface area contributed by atoms with E-state index in [9.17, 15) is 15.0 Å². The number of hydrogen-bond acceptors (Lipinski definition) is 4. The third kappa shape index (κ3) is 3.22. The second kappa shape index (κ2) is 5.72. The van der Waals surface area contributed by atoms with Crippen molar-refractivity contribution in [2.45, 2.75) is 19.3 Å². The van der Waals surface area contributed by atoms with E-state index in [-0.39, 0.29) is 22.9 Å². The molecule has 0 spiro atoms. The summed E-state index contributed by atoms with van der Waals surface area (Å²) in [6.45, 7) is 0.358. The summed E-state index contributed by atoms with van der Waals surface area (Å²) in [7, 11) is 0. The number of esters is 1. The number of carbonyl (C=O) groups excluding carboxylic acids is 1. The van der Waals surface area contributed by atoms with Gasteiger partial charge in [-0.3, -0.25) is 4.79 Å². The van der Waals surface area contributed by atoms with Crippen LogP contribution in [0.4, 0.5) is 0 Å². The molecule has 0 saturated carbocycles. The van der Waals surface area contributed by atoms with Gasteiger partial charge in [0, 0.05) is 5.41 Å². The fourth-order valence-corrected chi connectivity index (χ4v) is 3.13.